The van der Waals surface area contributed by atoms with Crippen molar-refractivity contribution in [3.63, 3.8) is 0 Å². The van der Waals surface area contributed by atoms with Crippen molar-refractivity contribution in [3.8, 4) is 5.75 Å². The van der Waals surface area contributed by atoms with Crippen LogP contribution in [-0.2, 0) is 27.2 Å². The number of rotatable bonds is 13. The van der Waals surface area contributed by atoms with Gasteiger partial charge in [0.15, 0.2) is 6.10 Å². The summed E-state index contributed by atoms with van der Waals surface area (Å²) >= 11 is 0. The summed E-state index contributed by atoms with van der Waals surface area (Å²) in [4.78, 5) is 42.6. The molecule has 0 saturated carbocycles. The number of amides is 1. The van der Waals surface area contributed by atoms with Gasteiger partial charge in [-0.3, -0.25) is 9.69 Å². The molecular weight excluding hydrogens is 632 g/mol. The van der Waals surface area contributed by atoms with E-state index in [1.165, 1.54) is 0 Å². The number of nitrogens with zero attached hydrogens (tertiary/aromatic N) is 1. The number of aliphatic hydroxyl groups excluding tert-OH is 1. The van der Waals surface area contributed by atoms with Gasteiger partial charge in [0, 0.05) is 30.6 Å². The van der Waals surface area contributed by atoms with E-state index >= 15 is 0 Å². The van der Waals surface area contributed by atoms with Crippen molar-refractivity contribution in [3.05, 3.63) is 162 Å². The third-order valence-electron chi connectivity index (χ3n) is 9.09. The van der Waals surface area contributed by atoms with Crippen molar-refractivity contribution in [1.29, 1.82) is 0 Å². The maximum Gasteiger partial charge on any atom is 0.338 e. The molecule has 0 unspecified atom stereocenters. The average molecular weight is 673 g/mol. The summed E-state index contributed by atoms with van der Waals surface area (Å²) < 4.78 is 18.2. The van der Waals surface area contributed by atoms with Crippen molar-refractivity contribution in [2.75, 3.05) is 13.2 Å². The smallest absolute Gasteiger partial charge is 0.338 e. The van der Waals surface area contributed by atoms with Crippen LogP contribution in [0.2, 0.25) is 0 Å². The van der Waals surface area contributed by atoms with E-state index in [2.05, 4.69) is 23.4 Å². The predicted octanol–water partition coefficient (Wildman–Crippen LogP) is 5.91. The van der Waals surface area contributed by atoms with Gasteiger partial charge in [-0.15, -0.1) is 6.58 Å². The molecule has 50 heavy (non-hydrogen) atoms. The lowest BCUT2D eigenvalue weighted by Gasteiger charge is -2.38. The van der Waals surface area contributed by atoms with Crippen molar-refractivity contribution < 1.29 is 33.7 Å². The fourth-order valence-electron chi connectivity index (χ4n) is 6.79. The zero-order valence-corrected chi connectivity index (χ0v) is 27.7. The van der Waals surface area contributed by atoms with Gasteiger partial charge < -0.3 is 24.6 Å². The van der Waals surface area contributed by atoms with E-state index in [-0.39, 0.29) is 12.6 Å². The quantitative estimate of drug-likeness (QED) is 0.133. The molecule has 4 aromatic carbocycles. The first-order valence-corrected chi connectivity index (χ1v) is 16.7. The van der Waals surface area contributed by atoms with Crippen molar-refractivity contribution >= 4 is 17.8 Å². The number of carbonyl (C=O) groups excluding carboxylic acids is 3. The number of hydrogen-bond donors (Lipinski definition) is 2. The number of ether oxygens (including phenoxy) is 3. The zero-order valence-electron chi connectivity index (χ0n) is 27.7. The average Bonchev–Trinajstić information content (AvgIpc) is 3.55. The molecule has 0 aliphatic carbocycles. The minimum Gasteiger partial charge on any atom is -0.489 e. The number of aliphatic hydroxyl groups is 1. The number of fused-ring (bicyclic) bond motifs is 2. The molecule has 0 spiro atoms. The summed E-state index contributed by atoms with van der Waals surface area (Å²) in [6.07, 6.45) is 1.13. The lowest BCUT2D eigenvalue weighted by Crippen LogP contribution is -2.43. The second-order valence-corrected chi connectivity index (χ2v) is 12.4. The van der Waals surface area contributed by atoms with Gasteiger partial charge in [-0.05, 0) is 53.4 Å². The molecule has 0 bridgehead atoms. The Morgan fingerprint density at radius 1 is 0.860 bits per heavy atom. The first-order chi connectivity index (χ1) is 24.4. The Hall–Kier alpha value is -5.51. The molecule has 2 heterocycles. The summed E-state index contributed by atoms with van der Waals surface area (Å²) in [6.45, 7) is 8.75. The topological polar surface area (TPSA) is 114 Å². The van der Waals surface area contributed by atoms with E-state index in [0.29, 0.717) is 48.4 Å². The van der Waals surface area contributed by atoms with E-state index in [1.807, 2.05) is 36.4 Å². The molecular formula is C41H40N2O7. The Morgan fingerprint density at radius 2 is 1.56 bits per heavy atom. The second-order valence-electron chi connectivity index (χ2n) is 12.4. The summed E-state index contributed by atoms with van der Waals surface area (Å²) in [6, 6.07) is 29.0. The number of benzene rings is 4. The van der Waals surface area contributed by atoms with E-state index in [0.717, 1.165) is 16.7 Å². The van der Waals surface area contributed by atoms with Crippen LogP contribution < -0.4 is 10.1 Å². The highest BCUT2D eigenvalue weighted by Gasteiger charge is 2.47. The van der Waals surface area contributed by atoms with Crippen LogP contribution in [0.3, 0.4) is 0 Å². The summed E-state index contributed by atoms with van der Waals surface area (Å²) in [5.41, 5.74) is 3.90. The second kappa shape index (κ2) is 15.8. The highest BCUT2D eigenvalue weighted by Crippen LogP contribution is 2.45. The molecule has 2 aliphatic rings. The Balaban J connectivity index is 1.25. The fourth-order valence-corrected chi connectivity index (χ4v) is 6.79. The fraction of sp³-hybridized carbons (Fsp3) is 0.244. The zero-order chi connectivity index (χ0) is 35.0. The first kappa shape index (κ1) is 34.4. The monoisotopic (exact) mass is 672 g/mol. The highest BCUT2D eigenvalue weighted by molar-refractivity contribution is 5.95. The van der Waals surface area contributed by atoms with Crippen molar-refractivity contribution in [1.82, 2.24) is 10.2 Å². The van der Waals surface area contributed by atoms with E-state index in [9.17, 15) is 19.5 Å². The van der Waals surface area contributed by atoms with Crippen LogP contribution >= 0.6 is 0 Å². The number of nitrogens with one attached hydrogen (secondary N) is 1. The molecule has 9 nitrogen and oxygen atoms in total. The van der Waals surface area contributed by atoms with Crippen LogP contribution in [0.4, 0.5) is 0 Å². The summed E-state index contributed by atoms with van der Waals surface area (Å²) in [5, 5.41) is 14.4. The third-order valence-corrected chi connectivity index (χ3v) is 9.09. The molecule has 0 radical (unpaired) electrons. The number of hydrogen-bond acceptors (Lipinski definition) is 8. The molecule has 0 aromatic heterocycles. The normalized spacial score (nSPS) is 19.2. The predicted molar refractivity (Wildman–Crippen MR) is 188 cm³/mol. The molecule has 256 valence electrons. The third kappa shape index (κ3) is 7.54. The number of carbonyl (C=O) groups is 3. The summed E-state index contributed by atoms with van der Waals surface area (Å²) in [5.74, 6) is -1.19. The standard InChI is InChI=1S/C41H40N2O7/c1-3-14-27-15-11-12-21-32(27)36(42-39(45)28-16-7-5-8-17-28)37(44)41(47)49-31-24-33-38(50-40(46)29-18-9-6-10-19-29)35-30(25-43(33)26-31)20-13-22-34(35)48-23-4-2/h3-13,15-22,31,33,36-38,44H,1-2,14,23-26H2,(H,42,45)/t31-,33-,36-,37+,38-/m0/s1. The molecule has 2 N–H and O–H groups in total. The highest BCUT2D eigenvalue weighted by atomic mass is 16.6. The minimum atomic E-state index is -1.71. The largest absolute Gasteiger partial charge is 0.489 e. The molecule has 4 aromatic rings. The molecule has 1 fully saturated rings. The van der Waals surface area contributed by atoms with Gasteiger partial charge >= 0.3 is 11.9 Å². The SMILES string of the molecule is C=CCOc1cccc2c1[C@@H](OC(=O)c1ccccc1)[C@@H]1C[C@H](OC(=O)[C@H](O)[C@@H](NC(=O)c3ccccc3)c3ccccc3CC=C)CN1C2. The van der Waals surface area contributed by atoms with Gasteiger partial charge in [-0.1, -0.05) is 91.5 Å². The molecule has 2 aliphatic heterocycles. The lowest BCUT2D eigenvalue weighted by atomic mass is 9.90. The van der Waals surface area contributed by atoms with Crippen LogP contribution in [0.5, 0.6) is 5.75 Å². The Bertz CT molecular complexity index is 1840. The molecule has 1 saturated heterocycles. The molecule has 9 heteroatoms. The van der Waals surface area contributed by atoms with Crippen LogP contribution in [0.1, 0.15) is 61.5 Å². The van der Waals surface area contributed by atoms with Gasteiger partial charge in [-0.25, -0.2) is 9.59 Å². The van der Waals surface area contributed by atoms with Gasteiger partial charge in [0.25, 0.3) is 5.91 Å². The minimum absolute atomic E-state index is 0.278. The van der Waals surface area contributed by atoms with Crippen LogP contribution in [0.25, 0.3) is 0 Å². The molecule has 1 amide bonds. The lowest BCUT2D eigenvalue weighted by molar-refractivity contribution is -0.160. The summed E-state index contributed by atoms with van der Waals surface area (Å²) in [7, 11) is 0. The molecule has 5 atom stereocenters. The van der Waals surface area contributed by atoms with Crippen LogP contribution in [-0.4, -0.2) is 59.3 Å². The van der Waals surface area contributed by atoms with Gasteiger partial charge in [0.1, 0.15) is 24.6 Å². The Kier molecular flexibility index (Phi) is 10.9. The van der Waals surface area contributed by atoms with E-state index in [1.54, 1.807) is 78.9 Å². The Labute approximate surface area is 291 Å². The van der Waals surface area contributed by atoms with Crippen LogP contribution in [0.15, 0.2) is 128 Å². The van der Waals surface area contributed by atoms with Crippen molar-refractivity contribution in [2.24, 2.45) is 0 Å². The maximum absolute atomic E-state index is 13.8. The van der Waals surface area contributed by atoms with Crippen LogP contribution in [0, 0.1) is 0 Å². The number of esters is 2. The molecule has 6 rings (SSSR count). The Morgan fingerprint density at radius 3 is 2.28 bits per heavy atom. The van der Waals surface area contributed by atoms with E-state index in [4.69, 9.17) is 14.2 Å². The first-order valence-electron chi connectivity index (χ1n) is 16.7. The van der Waals surface area contributed by atoms with Crippen molar-refractivity contribution in [2.45, 2.75) is 49.8 Å². The number of allylic oxidation sites excluding steroid dienone is 1. The van der Waals surface area contributed by atoms with E-state index < -0.39 is 42.2 Å². The van der Waals surface area contributed by atoms with Gasteiger partial charge in [0.2, 0.25) is 0 Å². The van der Waals surface area contributed by atoms with Gasteiger partial charge in [-0.2, -0.15) is 0 Å². The maximum atomic E-state index is 13.8. The van der Waals surface area contributed by atoms with Gasteiger partial charge in [0.05, 0.1) is 17.6 Å².